The maximum atomic E-state index is 12.0. The second-order valence-corrected chi connectivity index (χ2v) is 5.97. The second-order valence-electron chi connectivity index (χ2n) is 4.20. The quantitative estimate of drug-likeness (QED) is 0.554. The summed E-state index contributed by atoms with van der Waals surface area (Å²) in [6, 6.07) is 12.8. The third kappa shape index (κ3) is 4.44. The zero-order chi connectivity index (χ0) is 15.2. The summed E-state index contributed by atoms with van der Waals surface area (Å²) >= 11 is 6.84. The average molecular weight is 411 g/mol. The Hall–Kier alpha value is -1.59. The van der Waals surface area contributed by atoms with Crippen LogP contribution >= 0.6 is 31.9 Å². The number of rotatable bonds is 5. The highest BCUT2D eigenvalue weighted by molar-refractivity contribution is 9.11. The topological polar surface area (TPSA) is 38.3 Å². The molecule has 0 saturated carbocycles. The number of carbonyl (C=O) groups is 1. The van der Waals surface area contributed by atoms with Gasteiger partial charge < -0.3 is 10.1 Å². The van der Waals surface area contributed by atoms with Crippen molar-refractivity contribution in [3.63, 3.8) is 0 Å². The van der Waals surface area contributed by atoms with Crippen LogP contribution in [0.25, 0.3) is 0 Å². The molecule has 0 bridgehead atoms. The van der Waals surface area contributed by atoms with Crippen LogP contribution in [0.4, 0.5) is 5.69 Å². The molecule has 2 aromatic rings. The van der Waals surface area contributed by atoms with Crippen LogP contribution in [0.3, 0.4) is 0 Å². The van der Waals surface area contributed by atoms with Crippen molar-refractivity contribution in [2.45, 2.75) is 0 Å². The first kappa shape index (κ1) is 15.8. The number of ketones is 1. The molecule has 0 aromatic heterocycles. The van der Waals surface area contributed by atoms with E-state index >= 15 is 0 Å². The lowest BCUT2D eigenvalue weighted by Crippen LogP contribution is -1.97. The molecule has 2 rings (SSSR count). The van der Waals surface area contributed by atoms with Crippen molar-refractivity contribution in [2.24, 2.45) is 0 Å². The molecule has 0 atom stereocenters. The number of hydrogen-bond acceptors (Lipinski definition) is 3. The van der Waals surface area contributed by atoms with E-state index < -0.39 is 0 Å². The van der Waals surface area contributed by atoms with Gasteiger partial charge in [-0.05, 0) is 46.3 Å². The van der Waals surface area contributed by atoms with E-state index in [2.05, 4.69) is 37.2 Å². The molecule has 0 aliphatic rings. The van der Waals surface area contributed by atoms with Gasteiger partial charge in [-0.1, -0.05) is 28.1 Å². The van der Waals surface area contributed by atoms with E-state index in [1.807, 2.05) is 18.2 Å². The molecule has 0 spiro atoms. The first-order chi connectivity index (χ1) is 10.1. The summed E-state index contributed by atoms with van der Waals surface area (Å²) in [6.07, 6.45) is 3.11. The van der Waals surface area contributed by atoms with E-state index in [9.17, 15) is 4.79 Å². The molecule has 5 heteroatoms. The number of nitrogens with one attached hydrogen (secondary N) is 1. The lowest BCUT2D eigenvalue weighted by atomic mass is 10.1. The number of ether oxygens (including phenoxy) is 1. The third-order valence-corrected chi connectivity index (χ3v) is 3.91. The predicted octanol–water partition coefficient (Wildman–Crippen LogP) is 5.03. The normalized spacial score (nSPS) is 10.6. The van der Waals surface area contributed by atoms with Crippen LogP contribution in [0, 0.1) is 0 Å². The van der Waals surface area contributed by atoms with Gasteiger partial charge in [0.15, 0.2) is 5.78 Å². The SMILES string of the molecule is COc1cccc(C(=O)/C=C/Nc2ccc(Br)cc2Br)c1. The number of carbonyl (C=O) groups excluding carboxylic acids is 1. The van der Waals surface area contributed by atoms with Crippen LogP contribution in [0.1, 0.15) is 10.4 Å². The van der Waals surface area contributed by atoms with Crippen LogP contribution in [0.2, 0.25) is 0 Å². The Morgan fingerprint density at radius 1 is 1.19 bits per heavy atom. The van der Waals surface area contributed by atoms with Gasteiger partial charge in [-0.3, -0.25) is 4.79 Å². The highest BCUT2D eigenvalue weighted by atomic mass is 79.9. The fourth-order valence-electron chi connectivity index (χ4n) is 1.69. The molecule has 108 valence electrons. The largest absolute Gasteiger partial charge is 0.497 e. The lowest BCUT2D eigenvalue weighted by molar-refractivity contribution is 0.104. The van der Waals surface area contributed by atoms with Crippen molar-refractivity contribution in [1.29, 1.82) is 0 Å². The Morgan fingerprint density at radius 2 is 2.00 bits per heavy atom. The molecule has 0 saturated heterocycles. The van der Waals surface area contributed by atoms with Gasteiger partial charge >= 0.3 is 0 Å². The zero-order valence-corrected chi connectivity index (χ0v) is 14.4. The maximum Gasteiger partial charge on any atom is 0.187 e. The van der Waals surface area contributed by atoms with Crippen molar-refractivity contribution in [1.82, 2.24) is 0 Å². The molecule has 0 amide bonds. The highest BCUT2D eigenvalue weighted by Gasteiger charge is 2.03. The number of benzene rings is 2. The maximum absolute atomic E-state index is 12.0. The number of anilines is 1. The van der Waals surface area contributed by atoms with Gasteiger partial charge in [-0.2, -0.15) is 0 Å². The number of hydrogen-bond donors (Lipinski definition) is 1. The zero-order valence-electron chi connectivity index (χ0n) is 11.3. The first-order valence-corrected chi connectivity index (χ1v) is 7.75. The van der Waals surface area contributed by atoms with Crippen LogP contribution < -0.4 is 10.1 Å². The van der Waals surface area contributed by atoms with Crippen molar-refractivity contribution < 1.29 is 9.53 Å². The summed E-state index contributed by atoms with van der Waals surface area (Å²) in [5.41, 5.74) is 1.47. The summed E-state index contributed by atoms with van der Waals surface area (Å²) in [5.74, 6) is 0.576. The Morgan fingerprint density at radius 3 is 2.71 bits per heavy atom. The van der Waals surface area contributed by atoms with Crippen molar-refractivity contribution >= 4 is 43.3 Å². The van der Waals surface area contributed by atoms with E-state index in [1.54, 1.807) is 37.6 Å². The summed E-state index contributed by atoms with van der Waals surface area (Å²) in [7, 11) is 1.58. The molecule has 0 radical (unpaired) electrons. The molecule has 0 unspecified atom stereocenters. The fourth-order valence-corrected chi connectivity index (χ4v) is 2.85. The van der Waals surface area contributed by atoms with Crippen LogP contribution in [-0.4, -0.2) is 12.9 Å². The standard InChI is InChI=1S/C16H13Br2NO2/c1-21-13-4-2-3-11(9-13)16(20)7-8-19-15-6-5-12(17)10-14(15)18/h2-10,19H,1H3/b8-7+. The molecule has 2 aromatic carbocycles. The smallest absolute Gasteiger partial charge is 0.187 e. The number of halogens is 2. The van der Waals surface area contributed by atoms with Gasteiger partial charge in [0, 0.05) is 26.8 Å². The van der Waals surface area contributed by atoms with Crippen molar-refractivity contribution in [3.8, 4) is 5.75 Å². The molecule has 0 aliphatic carbocycles. The number of allylic oxidation sites excluding steroid dienone is 1. The van der Waals surface area contributed by atoms with Gasteiger partial charge in [0.05, 0.1) is 12.8 Å². The molecule has 0 fully saturated rings. The van der Waals surface area contributed by atoms with Crippen LogP contribution in [0.15, 0.2) is 63.7 Å². The van der Waals surface area contributed by atoms with Crippen molar-refractivity contribution in [3.05, 3.63) is 69.2 Å². The van der Waals surface area contributed by atoms with Crippen molar-refractivity contribution in [2.75, 3.05) is 12.4 Å². The summed E-state index contributed by atoms with van der Waals surface area (Å²) in [5, 5.41) is 3.07. The minimum Gasteiger partial charge on any atom is -0.497 e. The number of methoxy groups -OCH3 is 1. The Bertz CT molecular complexity index is 684. The Kier molecular flexibility index (Phi) is 5.59. The highest BCUT2D eigenvalue weighted by Crippen LogP contribution is 2.26. The Labute approximate surface area is 140 Å². The predicted molar refractivity (Wildman–Crippen MR) is 91.9 cm³/mol. The average Bonchev–Trinajstić information content (AvgIpc) is 2.49. The van der Waals surface area contributed by atoms with E-state index in [4.69, 9.17) is 4.74 Å². The summed E-state index contributed by atoms with van der Waals surface area (Å²) in [6.45, 7) is 0. The monoisotopic (exact) mass is 409 g/mol. The van der Waals surface area contributed by atoms with Gasteiger partial charge in [-0.15, -0.1) is 0 Å². The van der Waals surface area contributed by atoms with Gasteiger partial charge in [0.25, 0.3) is 0 Å². The fraction of sp³-hybridized carbons (Fsp3) is 0.0625. The van der Waals surface area contributed by atoms with Crippen LogP contribution in [0.5, 0.6) is 5.75 Å². The molecule has 3 nitrogen and oxygen atoms in total. The van der Waals surface area contributed by atoms with Crippen LogP contribution in [-0.2, 0) is 0 Å². The van der Waals surface area contributed by atoms with Gasteiger partial charge in [0.1, 0.15) is 5.75 Å². The molecule has 21 heavy (non-hydrogen) atoms. The molecular weight excluding hydrogens is 398 g/mol. The van der Waals surface area contributed by atoms with E-state index in [0.29, 0.717) is 11.3 Å². The molecule has 0 aliphatic heterocycles. The minimum absolute atomic E-state index is 0.0883. The van der Waals surface area contributed by atoms with E-state index in [1.165, 1.54) is 6.08 Å². The summed E-state index contributed by atoms with van der Waals surface area (Å²) < 4.78 is 7.00. The van der Waals surface area contributed by atoms with Gasteiger partial charge in [-0.25, -0.2) is 0 Å². The van der Waals surface area contributed by atoms with E-state index in [0.717, 1.165) is 14.6 Å². The molecule has 0 heterocycles. The lowest BCUT2D eigenvalue weighted by Gasteiger charge is -2.04. The summed E-state index contributed by atoms with van der Waals surface area (Å²) in [4.78, 5) is 12.0. The third-order valence-electron chi connectivity index (χ3n) is 2.76. The first-order valence-electron chi connectivity index (χ1n) is 6.16. The second kappa shape index (κ2) is 7.43. The Balaban J connectivity index is 2.05. The van der Waals surface area contributed by atoms with Gasteiger partial charge in [0.2, 0.25) is 0 Å². The molecule has 1 N–H and O–H groups in total. The van der Waals surface area contributed by atoms with E-state index in [-0.39, 0.29) is 5.78 Å². The molecular formula is C16H13Br2NO2. The minimum atomic E-state index is -0.0883.